The van der Waals surface area contributed by atoms with Crippen LogP contribution in [0.15, 0.2) is 0 Å². The minimum atomic E-state index is -0.108. The van der Waals surface area contributed by atoms with Gasteiger partial charge in [0.25, 0.3) is 0 Å². The summed E-state index contributed by atoms with van der Waals surface area (Å²) in [6.07, 6.45) is 1.41. The fourth-order valence-corrected chi connectivity index (χ4v) is 1.10. The summed E-state index contributed by atoms with van der Waals surface area (Å²) in [6.45, 7) is 0.394. The van der Waals surface area contributed by atoms with Gasteiger partial charge in [-0.2, -0.15) is 9.59 Å². The summed E-state index contributed by atoms with van der Waals surface area (Å²) in [4.78, 5) is 39.3. The van der Waals surface area contributed by atoms with Crippen LogP contribution in [0.4, 0.5) is 0 Å². The Balaban J connectivity index is 0.000000500. The van der Waals surface area contributed by atoms with E-state index in [0.29, 0.717) is 25.8 Å². The molecular formula is C8H11NO5. The van der Waals surface area contributed by atoms with Gasteiger partial charge in [-0.3, -0.25) is 14.5 Å². The molecule has 0 bridgehead atoms. The van der Waals surface area contributed by atoms with E-state index in [9.17, 15) is 9.59 Å². The summed E-state index contributed by atoms with van der Waals surface area (Å²) in [7, 11) is 0. The third kappa shape index (κ3) is 3.93. The Bertz CT molecular complexity index is 228. The zero-order valence-corrected chi connectivity index (χ0v) is 7.56. The first kappa shape index (κ1) is 12.5. The van der Waals surface area contributed by atoms with Gasteiger partial charge in [-0.05, 0) is 6.42 Å². The largest absolute Gasteiger partial charge is 0.396 e. The van der Waals surface area contributed by atoms with Gasteiger partial charge in [0.2, 0.25) is 11.8 Å². The van der Waals surface area contributed by atoms with E-state index >= 15 is 0 Å². The Hall–Kier alpha value is -1.52. The van der Waals surface area contributed by atoms with E-state index in [4.69, 9.17) is 14.7 Å². The number of nitrogens with zero attached hydrogens (tertiary/aromatic N) is 1. The van der Waals surface area contributed by atoms with Crippen molar-refractivity contribution < 1.29 is 24.3 Å². The van der Waals surface area contributed by atoms with Gasteiger partial charge in [-0.15, -0.1) is 0 Å². The standard InChI is InChI=1S/C7H11NO3.CO2/c9-5-1-4-8-6(10)2-3-7(8)11;2-1-3/h9H,1-5H2;. The second-order valence-corrected chi connectivity index (χ2v) is 2.60. The predicted molar refractivity (Wildman–Crippen MR) is 42.7 cm³/mol. The van der Waals surface area contributed by atoms with Crippen molar-refractivity contribution in [2.45, 2.75) is 19.3 Å². The number of amides is 2. The van der Waals surface area contributed by atoms with E-state index in [0.717, 1.165) is 0 Å². The molecule has 6 nitrogen and oxygen atoms in total. The molecule has 1 rings (SSSR count). The molecule has 1 N–H and O–H groups in total. The van der Waals surface area contributed by atoms with Gasteiger partial charge in [0.05, 0.1) is 0 Å². The van der Waals surface area contributed by atoms with Gasteiger partial charge >= 0.3 is 6.15 Å². The minimum Gasteiger partial charge on any atom is -0.396 e. The number of hydrogen-bond donors (Lipinski definition) is 1. The lowest BCUT2D eigenvalue weighted by molar-refractivity contribution is -0.191. The first-order chi connectivity index (χ1) is 6.67. The Morgan fingerprint density at radius 2 is 1.64 bits per heavy atom. The van der Waals surface area contributed by atoms with Crippen molar-refractivity contribution in [3.05, 3.63) is 0 Å². The number of aliphatic hydroxyl groups is 1. The van der Waals surface area contributed by atoms with Crippen molar-refractivity contribution in [2.75, 3.05) is 13.2 Å². The maximum absolute atomic E-state index is 10.9. The number of aliphatic hydroxyl groups excluding tert-OH is 1. The van der Waals surface area contributed by atoms with Crippen LogP contribution in [0.5, 0.6) is 0 Å². The third-order valence-corrected chi connectivity index (χ3v) is 1.69. The molecule has 14 heavy (non-hydrogen) atoms. The molecule has 0 radical (unpaired) electrons. The second-order valence-electron chi connectivity index (χ2n) is 2.60. The quantitative estimate of drug-likeness (QED) is 0.587. The molecule has 0 aromatic carbocycles. The lowest BCUT2D eigenvalue weighted by Gasteiger charge is -2.11. The molecule has 1 heterocycles. The number of imide groups is 1. The SMILES string of the molecule is O=C1CCC(=O)N1CCCO.O=C=O. The number of carbonyl (C=O) groups is 2. The number of likely N-dealkylation sites (tertiary alicyclic amines) is 1. The Kier molecular flexibility index (Phi) is 6.19. The zero-order valence-electron chi connectivity index (χ0n) is 7.56. The van der Waals surface area contributed by atoms with Gasteiger partial charge in [-0.1, -0.05) is 0 Å². The highest BCUT2D eigenvalue weighted by Gasteiger charge is 2.27. The van der Waals surface area contributed by atoms with Gasteiger partial charge in [0.15, 0.2) is 0 Å². The van der Waals surface area contributed by atoms with E-state index in [1.165, 1.54) is 4.90 Å². The van der Waals surface area contributed by atoms with Crippen LogP contribution < -0.4 is 0 Å². The lowest BCUT2D eigenvalue weighted by Crippen LogP contribution is -2.30. The molecule has 6 heteroatoms. The van der Waals surface area contributed by atoms with Crippen molar-refractivity contribution in [2.24, 2.45) is 0 Å². The van der Waals surface area contributed by atoms with Crippen LogP contribution in [0.2, 0.25) is 0 Å². The highest BCUT2D eigenvalue weighted by Crippen LogP contribution is 2.11. The summed E-state index contributed by atoms with van der Waals surface area (Å²) >= 11 is 0. The van der Waals surface area contributed by atoms with Crippen molar-refractivity contribution in [3.63, 3.8) is 0 Å². The Morgan fingerprint density at radius 1 is 1.21 bits per heavy atom. The molecule has 0 aromatic heterocycles. The summed E-state index contributed by atoms with van der Waals surface area (Å²) in [5.74, 6) is -0.216. The predicted octanol–water partition coefficient (Wildman–Crippen LogP) is -1.07. The van der Waals surface area contributed by atoms with Gasteiger partial charge in [0.1, 0.15) is 0 Å². The molecule has 1 fully saturated rings. The average Bonchev–Trinajstić information content (AvgIpc) is 2.45. The summed E-state index contributed by atoms with van der Waals surface area (Å²) in [5.41, 5.74) is 0. The molecule has 1 aliphatic rings. The Morgan fingerprint density at radius 3 is 2.00 bits per heavy atom. The fourth-order valence-electron chi connectivity index (χ4n) is 1.10. The van der Waals surface area contributed by atoms with Crippen LogP contribution in [-0.2, 0) is 19.2 Å². The van der Waals surface area contributed by atoms with Crippen LogP contribution in [0.25, 0.3) is 0 Å². The van der Waals surface area contributed by atoms with Crippen molar-refractivity contribution in [3.8, 4) is 0 Å². The molecule has 0 aliphatic carbocycles. The number of rotatable bonds is 3. The smallest absolute Gasteiger partial charge is 0.373 e. The van der Waals surface area contributed by atoms with E-state index in [1.807, 2.05) is 0 Å². The molecule has 2 amide bonds. The molecule has 0 spiro atoms. The highest BCUT2D eigenvalue weighted by atomic mass is 16.3. The summed E-state index contributed by atoms with van der Waals surface area (Å²) < 4.78 is 0. The van der Waals surface area contributed by atoms with E-state index in [1.54, 1.807) is 0 Å². The van der Waals surface area contributed by atoms with Crippen LogP contribution in [0, 0.1) is 0 Å². The molecule has 0 unspecified atom stereocenters. The molecular weight excluding hydrogens is 190 g/mol. The maximum atomic E-state index is 10.9. The van der Waals surface area contributed by atoms with Crippen LogP contribution in [-0.4, -0.2) is 41.1 Å². The minimum absolute atomic E-state index is 0.0249. The normalized spacial score (nSPS) is 14.8. The average molecular weight is 201 g/mol. The van der Waals surface area contributed by atoms with Crippen LogP contribution in [0.1, 0.15) is 19.3 Å². The molecule has 0 aromatic rings. The molecule has 78 valence electrons. The van der Waals surface area contributed by atoms with Gasteiger partial charge in [0, 0.05) is 26.0 Å². The third-order valence-electron chi connectivity index (χ3n) is 1.69. The number of carbonyl (C=O) groups excluding carboxylic acids is 4. The molecule has 1 aliphatic heterocycles. The van der Waals surface area contributed by atoms with Gasteiger partial charge < -0.3 is 5.11 Å². The first-order valence-corrected chi connectivity index (χ1v) is 4.10. The highest BCUT2D eigenvalue weighted by molar-refractivity contribution is 6.01. The van der Waals surface area contributed by atoms with Crippen molar-refractivity contribution >= 4 is 18.0 Å². The zero-order chi connectivity index (χ0) is 11.0. The van der Waals surface area contributed by atoms with Crippen LogP contribution in [0.3, 0.4) is 0 Å². The summed E-state index contributed by atoms with van der Waals surface area (Å²) in [6, 6.07) is 0. The lowest BCUT2D eigenvalue weighted by atomic mass is 10.4. The topological polar surface area (TPSA) is 91.8 Å². The van der Waals surface area contributed by atoms with E-state index in [2.05, 4.69) is 0 Å². The Labute approximate surface area is 80.5 Å². The van der Waals surface area contributed by atoms with Crippen molar-refractivity contribution in [1.82, 2.24) is 4.90 Å². The van der Waals surface area contributed by atoms with E-state index in [-0.39, 0.29) is 24.6 Å². The van der Waals surface area contributed by atoms with E-state index < -0.39 is 0 Å². The molecule has 0 atom stereocenters. The van der Waals surface area contributed by atoms with Crippen LogP contribution >= 0.6 is 0 Å². The summed E-state index contributed by atoms with van der Waals surface area (Å²) in [5, 5.41) is 8.45. The monoisotopic (exact) mass is 201 g/mol. The second kappa shape index (κ2) is 6.94. The maximum Gasteiger partial charge on any atom is 0.373 e. The number of hydrogen-bond acceptors (Lipinski definition) is 5. The molecule has 1 saturated heterocycles. The van der Waals surface area contributed by atoms with Gasteiger partial charge in [-0.25, -0.2) is 0 Å². The van der Waals surface area contributed by atoms with Crippen molar-refractivity contribution in [1.29, 1.82) is 0 Å². The molecule has 0 saturated carbocycles. The fraction of sp³-hybridized carbons (Fsp3) is 0.625. The first-order valence-electron chi connectivity index (χ1n) is 4.10.